The Bertz CT molecular complexity index is 854. The second-order valence-electron chi connectivity index (χ2n) is 8.92. The second kappa shape index (κ2) is 13.6. The molecule has 2 atom stereocenters. The fourth-order valence-corrected chi connectivity index (χ4v) is 4.08. The number of likely N-dealkylation sites (tertiary alicyclic amines) is 1. The molecule has 2 rings (SSSR count). The minimum absolute atomic E-state index is 0.0784. The lowest BCUT2D eigenvalue weighted by Gasteiger charge is -2.28. The molecule has 1 aromatic carbocycles. The van der Waals surface area contributed by atoms with E-state index >= 15 is 0 Å². The van der Waals surface area contributed by atoms with Gasteiger partial charge in [-0.05, 0) is 45.8 Å². The molecule has 0 bridgehead atoms. The number of para-hydroxylation sites is 1. The van der Waals surface area contributed by atoms with Crippen LogP contribution in [0.25, 0.3) is 0 Å². The van der Waals surface area contributed by atoms with E-state index in [1.165, 1.54) is 25.3 Å². The van der Waals surface area contributed by atoms with E-state index in [2.05, 4.69) is 22.6 Å². The van der Waals surface area contributed by atoms with Gasteiger partial charge >= 0.3 is 5.97 Å². The van der Waals surface area contributed by atoms with Gasteiger partial charge in [0.05, 0.1) is 30.1 Å². The molecule has 2 amide bonds. The summed E-state index contributed by atoms with van der Waals surface area (Å²) in [6.07, 6.45) is 3.65. The first-order valence-electron chi connectivity index (χ1n) is 11.8. The van der Waals surface area contributed by atoms with E-state index < -0.39 is 16.9 Å². The summed E-state index contributed by atoms with van der Waals surface area (Å²) >= 11 is 0. The molecule has 0 radical (unpaired) electrons. The molecule has 34 heavy (non-hydrogen) atoms. The molecule has 0 saturated carbocycles. The molecule has 10 heteroatoms. The second-order valence-corrected chi connectivity index (χ2v) is 8.92. The monoisotopic (exact) mass is 476 g/mol. The van der Waals surface area contributed by atoms with Crippen LogP contribution in [0.4, 0.5) is 5.69 Å². The standard InChI is InChI=1S/C24H36N4O6/c1-17(8-6-7-13-25-24(31)18-11-14-27(2)15-12-18)23(30)26-20(16-22(29)34-3)19-9-4-5-10-21(19)28(32)33/h4-5,9-10,17-18,20H,6-8,11-16H2,1-3H3,(H,25,31)(H,26,30)/t17-,20?/m1/s1. The van der Waals surface area contributed by atoms with E-state index in [1.54, 1.807) is 13.0 Å². The van der Waals surface area contributed by atoms with Crippen LogP contribution in [0.15, 0.2) is 24.3 Å². The molecule has 1 unspecified atom stereocenters. The van der Waals surface area contributed by atoms with Gasteiger partial charge in [-0.1, -0.05) is 31.5 Å². The van der Waals surface area contributed by atoms with Crippen molar-refractivity contribution in [3.8, 4) is 0 Å². The van der Waals surface area contributed by atoms with Crippen molar-refractivity contribution in [2.75, 3.05) is 33.8 Å². The topological polar surface area (TPSA) is 131 Å². The highest BCUT2D eigenvalue weighted by molar-refractivity contribution is 5.80. The molecule has 0 aromatic heterocycles. The minimum atomic E-state index is -0.863. The fraction of sp³-hybridized carbons (Fsp3) is 0.625. The molecule has 0 aliphatic carbocycles. The summed E-state index contributed by atoms with van der Waals surface area (Å²) in [6.45, 7) is 4.23. The van der Waals surface area contributed by atoms with E-state index in [0.29, 0.717) is 13.0 Å². The predicted octanol–water partition coefficient (Wildman–Crippen LogP) is 2.58. The Morgan fingerprint density at radius 1 is 1.21 bits per heavy atom. The van der Waals surface area contributed by atoms with Gasteiger partial charge in [0.2, 0.25) is 11.8 Å². The van der Waals surface area contributed by atoms with E-state index in [-0.39, 0.29) is 41.3 Å². The maximum atomic E-state index is 12.8. The normalized spacial score (nSPS) is 16.3. The summed E-state index contributed by atoms with van der Waals surface area (Å²) in [7, 11) is 3.29. The molecule has 188 valence electrons. The van der Waals surface area contributed by atoms with Gasteiger partial charge in [0.1, 0.15) is 0 Å². The van der Waals surface area contributed by atoms with E-state index in [0.717, 1.165) is 38.8 Å². The lowest BCUT2D eigenvalue weighted by Crippen LogP contribution is -2.39. The van der Waals surface area contributed by atoms with Crippen molar-refractivity contribution >= 4 is 23.5 Å². The summed E-state index contributed by atoms with van der Waals surface area (Å²) in [5.41, 5.74) is 0.0970. The largest absolute Gasteiger partial charge is 0.469 e. The van der Waals surface area contributed by atoms with Crippen LogP contribution < -0.4 is 10.6 Å². The summed E-state index contributed by atoms with van der Waals surface area (Å²) in [5.74, 6) is -1.03. The third-order valence-corrected chi connectivity index (χ3v) is 6.32. The van der Waals surface area contributed by atoms with Gasteiger partial charge in [-0.25, -0.2) is 0 Å². The van der Waals surface area contributed by atoms with Crippen LogP contribution >= 0.6 is 0 Å². The molecule has 1 saturated heterocycles. The van der Waals surface area contributed by atoms with Gasteiger partial charge in [-0.3, -0.25) is 24.5 Å². The number of ether oxygens (including phenoxy) is 1. The number of esters is 1. The number of rotatable bonds is 12. The van der Waals surface area contributed by atoms with Gasteiger partial charge in [0.15, 0.2) is 0 Å². The van der Waals surface area contributed by atoms with Crippen LogP contribution in [-0.2, 0) is 19.1 Å². The minimum Gasteiger partial charge on any atom is -0.469 e. The number of carbonyl (C=O) groups is 3. The number of nitro groups is 1. The number of nitrogens with zero attached hydrogens (tertiary/aromatic N) is 2. The van der Waals surface area contributed by atoms with Crippen molar-refractivity contribution in [3.63, 3.8) is 0 Å². The average molecular weight is 477 g/mol. The predicted molar refractivity (Wildman–Crippen MR) is 127 cm³/mol. The van der Waals surface area contributed by atoms with Gasteiger partial charge in [-0.15, -0.1) is 0 Å². The van der Waals surface area contributed by atoms with Crippen molar-refractivity contribution < 1.29 is 24.0 Å². The SMILES string of the molecule is COC(=O)CC(NC(=O)[C@H](C)CCCCNC(=O)C1CCN(C)CC1)c1ccccc1[N+](=O)[O-]. The number of nitro benzene ring substituents is 1. The number of unbranched alkanes of at least 4 members (excludes halogenated alkanes) is 1. The van der Waals surface area contributed by atoms with E-state index in [4.69, 9.17) is 4.74 Å². The maximum absolute atomic E-state index is 12.8. The van der Waals surface area contributed by atoms with Crippen molar-refractivity contribution in [1.82, 2.24) is 15.5 Å². The zero-order chi connectivity index (χ0) is 25.1. The van der Waals surface area contributed by atoms with Crippen LogP contribution in [0.3, 0.4) is 0 Å². The van der Waals surface area contributed by atoms with Crippen LogP contribution in [0.2, 0.25) is 0 Å². The highest BCUT2D eigenvalue weighted by atomic mass is 16.6. The average Bonchev–Trinajstić information content (AvgIpc) is 2.83. The molecule has 1 heterocycles. The number of nitrogens with one attached hydrogen (secondary N) is 2. The van der Waals surface area contributed by atoms with Gasteiger partial charge in [0.25, 0.3) is 5.69 Å². The van der Waals surface area contributed by atoms with Crippen LogP contribution in [0.5, 0.6) is 0 Å². The molecule has 10 nitrogen and oxygen atoms in total. The maximum Gasteiger partial charge on any atom is 0.307 e. The molecular weight excluding hydrogens is 440 g/mol. The molecule has 1 fully saturated rings. The van der Waals surface area contributed by atoms with Gasteiger partial charge in [0, 0.05) is 24.4 Å². The number of hydrogen-bond donors (Lipinski definition) is 2. The Labute approximate surface area is 200 Å². The third kappa shape index (κ3) is 8.40. The Morgan fingerprint density at radius 3 is 2.53 bits per heavy atom. The Morgan fingerprint density at radius 2 is 1.88 bits per heavy atom. The summed E-state index contributed by atoms with van der Waals surface area (Å²) in [5, 5.41) is 17.2. The quantitative estimate of drug-likeness (QED) is 0.205. The molecule has 1 aliphatic heterocycles. The molecular formula is C24H36N4O6. The smallest absolute Gasteiger partial charge is 0.307 e. The molecule has 2 N–H and O–H groups in total. The molecule has 1 aliphatic rings. The summed E-state index contributed by atoms with van der Waals surface area (Å²) in [4.78, 5) is 50.0. The van der Waals surface area contributed by atoms with Crippen molar-refractivity contribution in [2.24, 2.45) is 11.8 Å². The lowest BCUT2D eigenvalue weighted by atomic mass is 9.96. The Balaban J connectivity index is 1.83. The number of carbonyl (C=O) groups excluding carboxylic acids is 3. The Hall–Kier alpha value is -3.01. The number of methoxy groups -OCH3 is 1. The first-order valence-corrected chi connectivity index (χ1v) is 11.8. The Kier molecular flexibility index (Phi) is 10.9. The number of piperidine rings is 1. The molecule has 0 spiro atoms. The lowest BCUT2D eigenvalue weighted by molar-refractivity contribution is -0.385. The van der Waals surface area contributed by atoms with E-state index in [1.807, 2.05) is 0 Å². The van der Waals surface area contributed by atoms with E-state index in [9.17, 15) is 24.5 Å². The van der Waals surface area contributed by atoms with Crippen molar-refractivity contribution in [1.29, 1.82) is 0 Å². The number of benzene rings is 1. The van der Waals surface area contributed by atoms with Crippen LogP contribution in [-0.4, -0.2) is 61.4 Å². The first kappa shape index (κ1) is 27.2. The summed E-state index contributed by atoms with van der Waals surface area (Å²) < 4.78 is 4.71. The third-order valence-electron chi connectivity index (χ3n) is 6.32. The first-order chi connectivity index (χ1) is 16.2. The van der Waals surface area contributed by atoms with Gasteiger partial charge in [-0.2, -0.15) is 0 Å². The highest BCUT2D eigenvalue weighted by Crippen LogP contribution is 2.28. The van der Waals surface area contributed by atoms with Crippen molar-refractivity contribution in [3.05, 3.63) is 39.9 Å². The zero-order valence-corrected chi connectivity index (χ0v) is 20.2. The van der Waals surface area contributed by atoms with Crippen LogP contribution in [0.1, 0.15) is 57.1 Å². The number of hydrogen-bond acceptors (Lipinski definition) is 7. The summed E-state index contributed by atoms with van der Waals surface area (Å²) in [6, 6.07) is 5.17. The number of amides is 2. The van der Waals surface area contributed by atoms with Crippen molar-refractivity contribution in [2.45, 2.75) is 51.5 Å². The van der Waals surface area contributed by atoms with Crippen LogP contribution in [0, 0.1) is 22.0 Å². The zero-order valence-electron chi connectivity index (χ0n) is 20.2. The molecule has 1 aromatic rings. The highest BCUT2D eigenvalue weighted by Gasteiger charge is 2.27. The fourth-order valence-electron chi connectivity index (χ4n) is 4.08. The van der Waals surface area contributed by atoms with Gasteiger partial charge < -0.3 is 20.3 Å².